The number of hydrogen-bond acceptors (Lipinski definition) is 6. The number of carbonyl (C=O) groups excluding carboxylic acids is 2. The zero-order chi connectivity index (χ0) is 21.7. The van der Waals surface area contributed by atoms with Crippen LogP contribution in [-0.4, -0.2) is 47.4 Å². The average Bonchev–Trinajstić information content (AvgIpc) is 2.98. The van der Waals surface area contributed by atoms with Crippen LogP contribution < -0.4 is 9.64 Å². The number of rotatable bonds is 8. The van der Waals surface area contributed by atoms with Gasteiger partial charge in [-0.3, -0.25) is 14.5 Å². The van der Waals surface area contributed by atoms with Crippen LogP contribution in [0.25, 0.3) is 6.08 Å². The summed E-state index contributed by atoms with van der Waals surface area (Å²) in [4.78, 5) is 28.5. The molecule has 2 amide bonds. The molecule has 0 spiro atoms. The van der Waals surface area contributed by atoms with E-state index in [0.29, 0.717) is 16.2 Å². The van der Waals surface area contributed by atoms with E-state index in [9.17, 15) is 14.7 Å². The largest absolute Gasteiger partial charge is 0.507 e. The van der Waals surface area contributed by atoms with Gasteiger partial charge in [0, 0.05) is 30.4 Å². The molecule has 1 heterocycles. The molecule has 0 unspecified atom stereocenters. The van der Waals surface area contributed by atoms with Gasteiger partial charge < -0.3 is 14.7 Å². The molecule has 2 aromatic rings. The Kier molecular flexibility index (Phi) is 7.05. The maximum atomic E-state index is 12.7. The Balaban J connectivity index is 1.67. The Morgan fingerprint density at radius 2 is 1.90 bits per heavy atom. The van der Waals surface area contributed by atoms with Crippen molar-refractivity contribution < 1.29 is 19.4 Å². The Bertz CT molecular complexity index is 969. The van der Waals surface area contributed by atoms with Crippen molar-refractivity contribution in [2.75, 3.05) is 31.1 Å². The minimum Gasteiger partial charge on any atom is -0.507 e. The number of phenolic OH excluding ortho intramolecular Hbond substituents is 1. The van der Waals surface area contributed by atoms with Crippen molar-refractivity contribution in [2.45, 2.75) is 20.8 Å². The van der Waals surface area contributed by atoms with E-state index in [1.165, 1.54) is 4.90 Å². The minimum absolute atomic E-state index is 0.0778. The van der Waals surface area contributed by atoms with Gasteiger partial charge in [0.1, 0.15) is 18.1 Å². The SMILES string of the molecule is CCN(CC)c1ccc(/C=C2\SC(=O)N(CCOc3cccc(C)c3)C2=O)c(O)c1. The lowest BCUT2D eigenvalue weighted by Crippen LogP contribution is -2.32. The third kappa shape index (κ3) is 4.97. The van der Waals surface area contributed by atoms with Crippen LogP contribution in [0.2, 0.25) is 0 Å². The molecule has 7 heteroatoms. The van der Waals surface area contributed by atoms with Crippen molar-refractivity contribution >= 4 is 34.7 Å². The number of benzene rings is 2. The molecule has 0 atom stereocenters. The molecule has 0 aliphatic carbocycles. The number of imide groups is 1. The lowest BCUT2D eigenvalue weighted by molar-refractivity contribution is -0.123. The molecule has 3 rings (SSSR count). The number of ether oxygens (including phenoxy) is 1. The van der Waals surface area contributed by atoms with Crippen molar-refractivity contribution in [1.82, 2.24) is 4.90 Å². The molecule has 30 heavy (non-hydrogen) atoms. The Morgan fingerprint density at radius 1 is 1.13 bits per heavy atom. The summed E-state index contributed by atoms with van der Waals surface area (Å²) in [6.07, 6.45) is 1.56. The molecule has 6 nitrogen and oxygen atoms in total. The fraction of sp³-hybridized carbons (Fsp3) is 0.304. The molecule has 0 bridgehead atoms. The van der Waals surface area contributed by atoms with E-state index in [4.69, 9.17) is 4.74 Å². The average molecular weight is 427 g/mol. The highest BCUT2D eigenvalue weighted by atomic mass is 32.2. The van der Waals surface area contributed by atoms with Crippen LogP contribution in [0.4, 0.5) is 10.5 Å². The topological polar surface area (TPSA) is 70.1 Å². The van der Waals surface area contributed by atoms with E-state index < -0.39 is 0 Å². The summed E-state index contributed by atoms with van der Waals surface area (Å²) in [6.45, 7) is 8.12. The number of thioether (sulfide) groups is 1. The lowest BCUT2D eigenvalue weighted by atomic mass is 10.1. The van der Waals surface area contributed by atoms with Gasteiger partial charge in [0.2, 0.25) is 0 Å². The highest BCUT2D eigenvalue weighted by Crippen LogP contribution is 2.34. The standard InChI is InChI=1S/C23H26N2O4S/c1-4-24(5-2)18-10-9-17(20(26)15-18)14-21-22(27)25(23(28)30-21)11-12-29-19-8-6-7-16(3)13-19/h6-10,13-15,26H,4-5,11-12H2,1-3H3/b21-14-. The van der Waals surface area contributed by atoms with E-state index in [-0.39, 0.29) is 30.0 Å². The normalized spacial score (nSPS) is 15.2. The van der Waals surface area contributed by atoms with Crippen LogP contribution in [0.5, 0.6) is 11.5 Å². The molecule has 2 aromatic carbocycles. The summed E-state index contributed by atoms with van der Waals surface area (Å²) in [5.74, 6) is 0.412. The fourth-order valence-electron chi connectivity index (χ4n) is 3.23. The fourth-order valence-corrected chi connectivity index (χ4v) is 4.09. The molecule has 1 aliphatic heterocycles. The Labute approximate surface area is 181 Å². The van der Waals surface area contributed by atoms with Crippen molar-refractivity contribution in [3.8, 4) is 11.5 Å². The number of phenols is 1. The summed E-state index contributed by atoms with van der Waals surface area (Å²) < 4.78 is 5.66. The first kappa shape index (κ1) is 21.8. The summed E-state index contributed by atoms with van der Waals surface area (Å²) in [6, 6.07) is 12.9. The Hall–Kier alpha value is -2.93. The first-order valence-corrected chi connectivity index (χ1v) is 10.8. The zero-order valence-corrected chi connectivity index (χ0v) is 18.2. The van der Waals surface area contributed by atoms with Gasteiger partial charge in [0.15, 0.2) is 0 Å². The second kappa shape index (κ2) is 9.71. The number of aryl methyl sites for hydroxylation is 1. The van der Waals surface area contributed by atoms with Crippen LogP contribution in [0, 0.1) is 6.92 Å². The van der Waals surface area contributed by atoms with Crippen molar-refractivity contribution in [3.63, 3.8) is 0 Å². The van der Waals surface area contributed by atoms with Crippen LogP contribution in [0.15, 0.2) is 47.4 Å². The number of hydrogen-bond donors (Lipinski definition) is 1. The first-order chi connectivity index (χ1) is 14.4. The lowest BCUT2D eigenvalue weighted by Gasteiger charge is -2.21. The maximum absolute atomic E-state index is 12.7. The van der Waals surface area contributed by atoms with Crippen molar-refractivity contribution in [2.24, 2.45) is 0 Å². The first-order valence-electron chi connectivity index (χ1n) is 9.95. The van der Waals surface area contributed by atoms with Crippen LogP contribution in [-0.2, 0) is 4.79 Å². The van der Waals surface area contributed by atoms with E-state index in [1.807, 2.05) is 51.1 Å². The highest BCUT2D eigenvalue weighted by Gasteiger charge is 2.35. The minimum atomic E-state index is -0.370. The number of aromatic hydroxyl groups is 1. The molecule has 158 valence electrons. The predicted octanol–water partition coefficient (Wildman–Crippen LogP) is 4.66. The van der Waals surface area contributed by atoms with E-state index in [1.54, 1.807) is 18.2 Å². The van der Waals surface area contributed by atoms with Crippen LogP contribution in [0.1, 0.15) is 25.0 Å². The summed E-state index contributed by atoms with van der Waals surface area (Å²) >= 11 is 0.875. The van der Waals surface area contributed by atoms with Gasteiger partial charge in [-0.05, 0) is 68.4 Å². The van der Waals surface area contributed by atoms with Crippen molar-refractivity contribution in [1.29, 1.82) is 0 Å². The number of anilines is 1. The number of amides is 2. The Morgan fingerprint density at radius 3 is 2.57 bits per heavy atom. The van der Waals surface area contributed by atoms with Gasteiger partial charge in [0.25, 0.3) is 11.1 Å². The van der Waals surface area contributed by atoms with Crippen LogP contribution >= 0.6 is 11.8 Å². The molecule has 0 radical (unpaired) electrons. The van der Waals surface area contributed by atoms with Crippen molar-refractivity contribution in [3.05, 3.63) is 58.5 Å². The summed E-state index contributed by atoms with van der Waals surface area (Å²) in [5, 5.41) is 10.1. The van der Waals surface area contributed by atoms with E-state index in [2.05, 4.69) is 4.90 Å². The van der Waals surface area contributed by atoms with Gasteiger partial charge >= 0.3 is 0 Å². The second-order valence-electron chi connectivity index (χ2n) is 6.91. The van der Waals surface area contributed by atoms with Gasteiger partial charge in [-0.2, -0.15) is 0 Å². The third-order valence-corrected chi connectivity index (χ3v) is 5.78. The maximum Gasteiger partial charge on any atom is 0.293 e. The van der Waals surface area contributed by atoms with Gasteiger partial charge in [-0.1, -0.05) is 12.1 Å². The molecule has 1 saturated heterocycles. The molecular weight excluding hydrogens is 400 g/mol. The van der Waals surface area contributed by atoms with E-state index >= 15 is 0 Å². The number of carbonyl (C=O) groups is 2. The predicted molar refractivity (Wildman–Crippen MR) is 121 cm³/mol. The summed E-state index contributed by atoms with van der Waals surface area (Å²) in [7, 11) is 0. The zero-order valence-electron chi connectivity index (χ0n) is 17.4. The second-order valence-corrected chi connectivity index (χ2v) is 7.91. The van der Waals surface area contributed by atoms with Gasteiger partial charge in [-0.25, -0.2) is 0 Å². The van der Waals surface area contributed by atoms with Gasteiger partial charge in [-0.15, -0.1) is 0 Å². The molecule has 1 aliphatic rings. The monoisotopic (exact) mass is 426 g/mol. The van der Waals surface area contributed by atoms with E-state index in [0.717, 1.165) is 36.1 Å². The molecular formula is C23H26N2O4S. The van der Waals surface area contributed by atoms with Gasteiger partial charge in [0.05, 0.1) is 11.4 Å². The molecule has 1 fully saturated rings. The smallest absolute Gasteiger partial charge is 0.293 e. The third-order valence-electron chi connectivity index (χ3n) is 4.88. The molecule has 1 N–H and O–H groups in total. The highest BCUT2D eigenvalue weighted by molar-refractivity contribution is 8.18. The molecule has 0 saturated carbocycles. The quantitative estimate of drug-likeness (QED) is 0.619. The summed E-state index contributed by atoms with van der Waals surface area (Å²) in [5.41, 5.74) is 2.50. The molecule has 0 aromatic heterocycles. The van der Waals surface area contributed by atoms with Crippen LogP contribution in [0.3, 0.4) is 0 Å². The number of nitrogens with zero attached hydrogens (tertiary/aromatic N) is 2.